The minimum Gasteiger partial charge on any atom is -0.493 e. The summed E-state index contributed by atoms with van der Waals surface area (Å²) in [7, 11) is 0. The van der Waals surface area contributed by atoms with E-state index < -0.39 is 0 Å². The van der Waals surface area contributed by atoms with Crippen molar-refractivity contribution in [2.45, 2.75) is 34.1 Å². The Hall–Kier alpha value is -2.36. The fourth-order valence-electron chi connectivity index (χ4n) is 3.16. The van der Waals surface area contributed by atoms with E-state index in [-0.39, 0.29) is 0 Å². The van der Waals surface area contributed by atoms with Crippen LogP contribution in [0.3, 0.4) is 0 Å². The van der Waals surface area contributed by atoms with E-state index in [1.807, 2.05) is 12.1 Å². The van der Waals surface area contributed by atoms with Crippen LogP contribution in [0.5, 0.6) is 11.5 Å². The van der Waals surface area contributed by atoms with Gasteiger partial charge in [-0.25, -0.2) is 0 Å². The topological polar surface area (TPSA) is 24.9 Å². The molecule has 0 heterocycles. The van der Waals surface area contributed by atoms with Crippen LogP contribution in [0.1, 0.15) is 34.1 Å². The maximum atomic E-state index is 5.91. The third-order valence-corrected chi connectivity index (χ3v) is 4.72. The lowest BCUT2D eigenvalue weighted by Gasteiger charge is -2.21. The Morgan fingerprint density at radius 2 is 1.04 bits per heavy atom. The van der Waals surface area contributed by atoms with Gasteiger partial charge in [0.1, 0.15) is 11.5 Å². The summed E-state index contributed by atoms with van der Waals surface area (Å²) in [5.74, 6) is 1.84. The second kappa shape index (κ2) is 11.4. The van der Waals surface area contributed by atoms with Crippen molar-refractivity contribution in [2.24, 2.45) is 0 Å². The van der Waals surface area contributed by atoms with Gasteiger partial charge in [-0.05, 0) is 52.0 Å². The molecule has 0 atom stereocenters. The Morgan fingerprint density at radius 3 is 1.41 bits per heavy atom. The number of hydrogen-bond donors (Lipinski definition) is 0. The summed E-state index contributed by atoms with van der Waals surface area (Å²) in [6.45, 7) is 14.0. The molecule has 0 radical (unpaired) electrons. The lowest BCUT2D eigenvalue weighted by Crippen LogP contribution is -2.21. The Bertz CT molecular complexity index is 609. The summed E-state index contributed by atoms with van der Waals surface area (Å²) in [6, 6.07) is 16.6. The molecule has 0 aliphatic rings. The predicted molar refractivity (Wildman–Crippen MR) is 116 cm³/mol. The molecule has 2 aromatic carbocycles. The minimum atomic E-state index is 0.650. The highest BCUT2D eigenvalue weighted by Crippen LogP contribution is 2.22. The summed E-state index contributed by atoms with van der Waals surface area (Å²) in [4.78, 5) is 4.64. The van der Waals surface area contributed by atoms with Gasteiger partial charge in [0.15, 0.2) is 0 Å². The first-order valence-electron chi connectivity index (χ1n) is 10.2. The minimum absolute atomic E-state index is 0.650. The molecule has 0 saturated carbocycles. The van der Waals surface area contributed by atoms with Crippen LogP contribution in [-0.4, -0.2) is 39.4 Å². The zero-order chi connectivity index (χ0) is 19.5. The highest BCUT2D eigenvalue weighted by molar-refractivity contribution is 5.51. The third kappa shape index (κ3) is 6.38. The monoisotopic (exact) mass is 370 g/mol. The van der Waals surface area contributed by atoms with E-state index in [2.05, 4.69) is 73.9 Å². The first-order chi connectivity index (χ1) is 13.2. The molecular weight excluding hydrogens is 336 g/mol. The third-order valence-electron chi connectivity index (χ3n) is 4.72. The summed E-state index contributed by atoms with van der Waals surface area (Å²) in [6.07, 6.45) is 0.852. The molecule has 0 bridgehead atoms. The van der Waals surface area contributed by atoms with Gasteiger partial charge in [-0.3, -0.25) is 0 Å². The number of nitrogens with zero attached hydrogens (tertiary/aromatic N) is 2. The van der Waals surface area contributed by atoms with Gasteiger partial charge in [0.2, 0.25) is 0 Å². The Balaban J connectivity index is 1.78. The molecule has 0 amide bonds. The van der Waals surface area contributed by atoms with Crippen LogP contribution in [0.25, 0.3) is 0 Å². The van der Waals surface area contributed by atoms with E-state index in [4.69, 9.17) is 9.47 Å². The largest absolute Gasteiger partial charge is 0.493 e. The van der Waals surface area contributed by atoms with Crippen LogP contribution in [0.2, 0.25) is 0 Å². The van der Waals surface area contributed by atoms with Crippen LogP contribution in [0.15, 0.2) is 48.5 Å². The van der Waals surface area contributed by atoms with Crippen LogP contribution in [-0.2, 0) is 0 Å². The first kappa shape index (κ1) is 20.9. The van der Waals surface area contributed by atoms with Gasteiger partial charge in [-0.2, -0.15) is 0 Å². The number of hydrogen-bond acceptors (Lipinski definition) is 4. The van der Waals surface area contributed by atoms with Gasteiger partial charge in [-0.1, -0.05) is 12.1 Å². The standard InChI is InChI=1S/C23H34N2O2/c1-5-24(6-2)20-12-9-14-22(18-20)26-16-11-17-27-23-15-10-13-21(19-23)25(7-3)8-4/h9-10,12-15,18-19H,5-8,11,16-17H2,1-4H3. The SMILES string of the molecule is CCN(CC)c1cccc(OCCCOc2cccc(N(CC)CC)c2)c1. The lowest BCUT2D eigenvalue weighted by atomic mass is 10.2. The first-order valence-corrected chi connectivity index (χ1v) is 10.2. The van der Waals surface area contributed by atoms with E-state index in [0.717, 1.165) is 44.1 Å². The molecule has 0 N–H and O–H groups in total. The molecule has 148 valence electrons. The van der Waals surface area contributed by atoms with Gasteiger partial charge in [0.25, 0.3) is 0 Å². The second-order valence-electron chi connectivity index (χ2n) is 6.39. The van der Waals surface area contributed by atoms with E-state index in [1.54, 1.807) is 0 Å². The number of benzene rings is 2. The fourth-order valence-corrected chi connectivity index (χ4v) is 3.16. The van der Waals surface area contributed by atoms with E-state index >= 15 is 0 Å². The van der Waals surface area contributed by atoms with Gasteiger partial charge in [-0.15, -0.1) is 0 Å². The highest BCUT2D eigenvalue weighted by Gasteiger charge is 2.05. The van der Waals surface area contributed by atoms with Crippen LogP contribution >= 0.6 is 0 Å². The fraction of sp³-hybridized carbons (Fsp3) is 0.478. The van der Waals surface area contributed by atoms with Crippen LogP contribution < -0.4 is 19.3 Å². The molecule has 27 heavy (non-hydrogen) atoms. The predicted octanol–water partition coefficient (Wildman–Crippen LogP) is 5.23. The molecular formula is C23H34N2O2. The normalized spacial score (nSPS) is 10.5. The lowest BCUT2D eigenvalue weighted by molar-refractivity contribution is 0.247. The maximum Gasteiger partial charge on any atom is 0.121 e. The molecule has 0 saturated heterocycles. The number of ether oxygens (including phenoxy) is 2. The zero-order valence-electron chi connectivity index (χ0n) is 17.3. The van der Waals surface area contributed by atoms with E-state index in [1.165, 1.54) is 11.4 Å². The van der Waals surface area contributed by atoms with Gasteiger partial charge in [0, 0.05) is 56.1 Å². The molecule has 4 nitrogen and oxygen atoms in total. The van der Waals surface area contributed by atoms with Crippen LogP contribution in [0, 0.1) is 0 Å². The molecule has 0 aliphatic heterocycles. The van der Waals surface area contributed by atoms with Gasteiger partial charge < -0.3 is 19.3 Å². The maximum absolute atomic E-state index is 5.91. The molecule has 0 aromatic heterocycles. The zero-order valence-corrected chi connectivity index (χ0v) is 17.3. The van der Waals surface area contributed by atoms with Crippen molar-refractivity contribution in [3.8, 4) is 11.5 Å². The molecule has 2 aromatic rings. The van der Waals surface area contributed by atoms with Crippen LogP contribution in [0.4, 0.5) is 11.4 Å². The average molecular weight is 371 g/mol. The molecule has 4 heteroatoms. The van der Waals surface area contributed by atoms with Crippen molar-refractivity contribution in [1.82, 2.24) is 0 Å². The Morgan fingerprint density at radius 1 is 0.630 bits per heavy atom. The van der Waals surface area contributed by atoms with Crippen molar-refractivity contribution >= 4 is 11.4 Å². The van der Waals surface area contributed by atoms with Crippen molar-refractivity contribution in [3.05, 3.63) is 48.5 Å². The second-order valence-corrected chi connectivity index (χ2v) is 6.39. The smallest absolute Gasteiger partial charge is 0.121 e. The molecule has 0 unspecified atom stereocenters. The van der Waals surface area contributed by atoms with Crippen molar-refractivity contribution in [2.75, 3.05) is 49.2 Å². The number of anilines is 2. The van der Waals surface area contributed by atoms with Crippen molar-refractivity contribution < 1.29 is 9.47 Å². The Kier molecular flexibility index (Phi) is 8.82. The van der Waals surface area contributed by atoms with Crippen molar-refractivity contribution in [3.63, 3.8) is 0 Å². The van der Waals surface area contributed by atoms with Gasteiger partial charge >= 0.3 is 0 Å². The summed E-state index contributed by atoms with van der Waals surface area (Å²) >= 11 is 0. The molecule has 2 rings (SSSR count). The van der Waals surface area contributed by atoms with E-state index in [0.29, 0.717) is 13.2 Å². The summed E-state index contributed by atoms with van der Waals surface area (Å²) in [5.41, 5.74) is 2.42. The quantitative estimate of drug-likeness (QED) is 0.478. The highest BCUT2D eigenvalue weighted by atomic mass is 16.5. The number of rotatable bonds is 12. The van der Waals surface area contributed by atoms with Crippen molar-refractivity contribution in [1.29, 1.82) is 0 Å². The van der Waals surface area contributed by atoms with Gasteiger partial charge in [0.05, 0.1) is 13.2 Å². The Labute approximate surface area is 164 Å². The molecule has 0 fully saturated rings. The summed E-state index contributed by atoms with van der Waals surface area (Å²) < 4.78 is 11.8. The molecule has 0 aliphatic carbocycles. The van der Waals surface area contributed by atoms with E-state index in [9.17, 15) is 0 Å². The molecule has 0 spiro atoms. The average Bonchev–Trinajstić information content (AvgIpc) is 2.70. The summed E-state index contributed by atoms with van der Waals surface area (Å²) in [5, 5.41) is 0.